The first-order valence-electron chi connectivity index (χ1n) is 6.45. The lowest BCUT2D eigenvalue weighted by molar-refractivity contribution is 0.474. The molecule has 0 aliphatic carbocycles. The highest BCUT2D eigenvalue weighted by Gasteiger charge is 2.27. The van der Waals surface area contributed by atoms with Crippen molar-refractivity contribution in [2.75, 3.05) is 4.31 Å². The zero-order chi connectivity index (χ0) is 15.6. The number of hydrogen-bond acceptors (Lipinski definition) is 4. The van der Waals surface area contributed by atoms with Crippen LogP contribution in [0.3, 0.4) is 0 Å². The largest absolute Gasteiger partial charge is 0.508 e. The summed E-state index contributed by atoms with van der Waals surface area (Å²) in [5, 5.41) is 18.6. The molecule has 2 aromatic carbocycles. The standard InChI is InChI=1S/C15H17NO4S/c1-11(2)16(12-3-5-13(17)6-4-12)21(19,20)15-9-7-14(18)8-10-15/h3-11,17-18H,1-2H3. The molecule has 0 bridgehead atoms. The number of aromatic hydroxyl groups is 2. The molecule has 5 nitrogen and oxygen atoms in total. The molecule has 0 atom stereocenters. The van der Waals surface area contributed by atoms with Gasteiger partial charge in [0.15, 0.2) is 0 Å². The van der Waals surface area contributed by atoms with Crippen molar-refractivity contribution in [2.24, 2.45) is 0 Å². The van der Waals surface area contributed by atoms with Gasteiger partial charge in [-0.3, -0.25) is 4.31 Å². The van der Waals surface area contributed by atoms with Crippen molar-refractivity contribution < 1.29 is 18.6 Å². The Morgan fingerprint density at radius 3 is 1.71 bits per heavy atom. The van der Waals surface area contributed by atoms with Crippen molar-refractivity contribution in [3.05, 3.63) is 48.5 Å². The Hall–Kier alpha value is -2.21. The Morgan fingerprint density at radius 2 is 1.29 bits per heavy atom. The summed E-state index contributed by atoms with van der Waals surface area (Å²) in [6.07, 6.45) is 0. The number of hydrogen-bond donors (Lipinski definition) is 2. The molecule has 0 aliphatic rings. The molecule has 0 spiro atoms. The van der Waals surface area contributed by atoms with Gasteiger partial charge in [0, 0.05) is 6.04 Å². The maximum atomic E-state index is 12.8. The molecule has 0 aliphatic heterocycles. The second-order valence-electron chi connectivity index (χ2n) is 4.90. The van der Waals surface area contributed by atoms with E-state index in [0.29, 0.717) is 5.69 Å². The topological polar surface area (TPSA) is 77.8 Å². The third-order valence-corrected chi connectivity index (χ3v) is 4.98. The summed E-state index contributed by atoms with van der Waals surface area (Å²) in [4.78, 5) is 0.0991. The summed E-state index contributed by atoms with van der Waals surface area (Å²) in [7, 11) is -3.74. The fourth-order valence-corrected chi connectivity index (χ4v) is 3.71. The van der Waals surface area contributed by atoms with Crippen LogP contribution >= 0.6 is 0 Å². The Morgan fingerprint density at radius 1 is 0.857 bits per heavy atom. The second-order valence-corrected chi connectivity index (χ2v) is 6.72. The van der Waals surface area contributed by atoms with E-state index in [1.165, 1.54) is 40.7 Å². The van der Waals surface area contributed by atoms with Crippen LogP contribution in [0.15, 0.2) is 53.4 Å². The number of rotatable bonds is 4. The summed E-state index contributed by atoms with van der Waals surface area (Å²) in [6.45, 7) is 3.54. The van der Waals surface area contributed by atoms with Crippen LogP contribution in [0.1, 0.15) is 13.8 Å². The van der Waals surface area contributed by atoms with Crippen LogP contribution in [0.4, 0.5) is 5.69 Å². The summed E-state index contributed by atoms with van der Waals surface area (Å²) >= 11 is 0. The van der Waals surface area contributed by atoms with Crippen molar-refractivity contribution >= 4 is 15.7 Å². The van der Waals surface area contributed by atoms with E-state index in [9.17, 15) is 18.6 Å². The van der Waals surface area contributed by atoms with Crippen molar-refractivity contribution in [3.8, 4) is 11.5 Å². The Balaban J connectivity index is 2.51. The van der Waals surface area contributed by atoms with Crippen LogP contribution in [-0.2, 0) is 10.0 Å². The lowest BCUT2D eigenvalue weighted by Gasteiger charge is -2.28. The predicted octanol–water partition coefficient (Wildman–Crippen LogP) is 2.70. The summed E-state index contributed by atoms with van der Waals surface area (Å²) in [6, 6.07) is 11.1. The van der Waals surface area contributed by atoms with Gasteiger partial charge in [0.2, 0.25) is 0 Å². The number of anilines is 1. The lowest BCUT2D eigenvalue weighted by atomic mass is 10.3. The fourth-order valence-electron chi connectivity index (χ4n) is 2.05. The summed E-state index contributed by atoms with van der Waals surface area (Å²) in [5.74, 6) is 0.0826. The average Bonchev–Trinajstić information content (AvgIpc) is 2.41. The minimum absolute atomic E-state index is 0.00896. The van der Waals surface area contributed by atoms with E-state index in [0.717, 1.165) is 0 Å². The van der Waals surface area contributed by atoms with E-state index in [1.54, 1.807) is 26.0 Å². The van der Waals surface area contributed by atoms with Crippen LogP contribution in [0.2, 0.25) is 0 Å². The number of sulfonamides is 1. The monoisotopic (exact) mass is 307 g/mol. The van der Waals surface area contributed by atoms with Crippen LogP contribution < -0.4 is 4.31 Å². The van der Waals surface area contributed by atoms with Gasteiger partial charge in [-0.25, -0.2) is 8.42 Å². The molecular weight excluding hydrogens is 290 g/mol. The first kappa shape index (κ1) is 15.2. The van der Waals surface area contributed by atoms with E-state index < -0.39 is 10.0 Å². The molecule has 0 unspecified atom stereocenters. The predicted molar refractivity (Wildman–Crippen MR) is 81.0 cm³/mol. The molecule has 0 aromatic heterocycles. The molecule has 0 amide bonds. The van der Waals surface area contributed by atoms with Crippen LogP contribution in [0.25, 0.3) is 0 Å². The summed E-state index contributed by atoms with van der Waals surface area (Å²) in [5.41, 5.74) is 0.468. The second kappa shape index (κ2) is 5.65. The quantitative estimate of drug-likeness (QED) is 0.910. The molecule has 0 saturated heterocycles. The van der Waals surface area contributed by atoms with E-state index in [4.69, 9.17) is 0 Å². The zero-order valence-electron chi connectivity index (χ0n) is 11.8. The van der Waals surface area contributed by atoms with E-state index in [1.807, 2.05) is 0 Å². The molecule has 21 heavy (non-hydrogen) atoms. The van der Waals surface area contributed by atoms with Gasteiger partial charge in [0.1, 0.15) is 11.5 Å². The van der Waals surface area contributed by atoms with Crippen molar-refractivity contribution in [1.29, 1.82) is 0 Å². The van der Waals surface area contributed by atoms with Gasteiger partial charge >= 0.3 is 0 Å². The van der Waals surface area contributed by atoms with Gasteiger partial charge in [-0.2, -0.15) is 0 Å². The number of phenols is 2. The number of nitrogens with zero attached hydrogens (tertiary/aromatic N) is 1. The zero-order valence-corrected chi connectivity index (χ0v) is 12.6. The van der Waals surface area contributed by atoms with E-state index >= 15 is 0 Å². The SMILES string of the molecule is CC(C)N(c1ccc(O)cc1)S(=O)(=O)c1ccc(O)cc1. The first-order chi connectivity index (χ1) is 9.82. The fraction of sp³-hybridized carbons (Fsp3) is 0.200. The Kier molecular flexibility index (Phi) is 4.09. The van der Waals surface area contributed by atoms with Crippen molar-refractivity contribution in [3.63, 3.8) is 0 Å². The van der Waals surface area contributed by atoms with Gasteiger partial charge in [0.05, 0.1) is 10.6 Å². The van der Waals surface area contributed by atoms with E-state index in [-0.39, 0.29) is 22.4 Å². The highest BCUT2D eigenvalue weighted by molar-refractivity contribution is 7.92. The minimum atomic E-state index is -3.74. The number of phenolic OH excluding ortho intramolecular Hbond substituents is 2. The third kappa shape index (κ3) is 3.11. The highest BCUT2D eigenvalue weighted by Crippen LogP contribution is 2.28. The van der Waals surface area contributed by atoms with Crippen LogP contribution in [-0.4, -0.2) is 24.7 Å². The molecule has 6 heteroatoms. The normalized spacial score (nSPS) is 11.6. The van der Waals surface area contributed by atoms with Gasteiger partial charge in [-0.05, 0) is 62.4 Å². The molecular formula is C15H17NO4S. The molecule has 0 saturated carbocycles. The van der Waals surface area contributed by atoms with Crippen molar-refractivity contribution in [2.45, 2.75) is 24.8 Å². The van der Waals surface area contributed by atoms with E-state index in [2.05, 4.69) is 0 Å². The van der Waals surface area contributed by atoms with Gasteiger partial charge in [-0.1, -0.05) is 0 Å². The maximum Gasteiger partial charge on any atom is 0.264 e. The van der Waals surface area contributed by atoms with Gasteiger partial charge < -0.3 is 10.2 Å². The van der Waals surface area contributed by atoms with Crippen LogP contribution in [0.5, 0.6) is 11.5 Å². The molecule has 0 heterocycles. The molecule has 0 radical (unpaired) electrons. The average molecular weight is 307 g/mol. The minimum Gasteiger partial charge on any atom is -0.508 e. The third-order valence-electron chi connectivity index (χ3n) is 2.97. The lowest BCUT2D eigenvalue weighted by Crippen LogP contribution is -2.36. The Bertz CT molecular complexity index is 706. The molecule has 2 N–H and O–H groups in total. The maximum absolute atomic E-state index is 12.8. The molecule has 0 fully saturated rings. The molecule has 2 aromatic rings. The van der Waals surface area contributed by atoms with Crippen molar-refractivity contribution in [1.82, 2.24) is 0 Å². The van der Waals surface area contributed by atoms with Crippen LogP contribution in [0, 0.1) is 0 Å². The molecule has 112 valence electrons. The highest BCUT2D eigenvalue weighted by atomic mass is 32.2. The number of benzene rings is 2. The smallest absolute Gasteiger partial charge is 0.264 e. The first-order valence-corrected chi connectivity index (χ1v) is 7.89. The summed E-state index contributed by atoms with van der Waals surface area (Å²) < 4.78 is 26.8. The van der Waals surface area contributed by atoms with Gasteiger partial charge in [0.25, 0.3) is 10.0 Å². The Labute approximate surface area is 124 Å². The molecule has 2 rings (SSSR count). The van der Waals surface area contributed by atoms with Gasteiger partial charge in [-0.15, -0.1) is 0 Å².